The number of likely N-dealkylation sites (N-methyl/N-ethyl adjacent to an activating group) is 1. The van der Waals surface area contributed by atoms with Gasteiger partial charge >= 0.3 is 5.97 Å². The van der Waals surface area contributed by atoms with Gasteiger partial charge in [0, 0.05) is 23.4 Å². The molecule has 2 atom stereocenters. The molecule has 2 aromatic rings. The third kappa shape index (κ3) is 4.89. The minimum atomic E-state index is -1.21. The van der Waals surface area contributed by atoms with Crippen LogP contribution in [0.1, 0.15) is 4.88 Å². The summed E-state index contributed by atoms with van der Waals surface area (Å²) >= 11 is 4.03. The topological polar surface area (TPSA) is 159 Å². The molecule has 2 aromatic heterocycles. The lowest BCUT2D eigenvalue weighted by Crippen LogP contribution is -2.70. The summed E-state index contributed by atoms with van der Waals surface area (Å²) < 4.78 is 1.32. The fraction of sp³-hybridized carbons (Fsp3) is 0.389. The Hall–Kier alpha value is -2.91. The molecular weight excluding hydrogens is 490 g/mol. The highest BCUT2D eigenvalue weighted by molar-refractivity contribution is 8.01. The summed E-state index contributed by atoms with van der Waals surface area (Å²) in [6.45, 7) is -0.0645. The fourth-order valence-corrected chi connectivity index (χ4v) is 6.42. The maximum absolute atomic E-state index is 12.8. The third-order valence-electron chi connectivity index (χ3n) is 4.93. The van der Waals surface area contributed by atoms with Gasteiger partial charge in [-0.2, -0.15) is 0 Å². The van der Waals surface area contributed by atoms with Crippen LogP contribution in [0.5, 0.6) is 0 Å². The number of hydrogen-bond acceptors (Lipinski definition) is 10. The van der Waals surface area contributed by atoms with E-state index in [2.05, 4.69) is 26.2 Å². The van der Waals surface area contributed by atoms with Crippen LogP contribution < -0.4 is 10.6 Å². The van der Waals surface area contributed by atoms with Crippen molar-refractivity contribution in [2.75, 3.05) is 18.6 Å². The normalized spacial score (nSPS) is 19.7. The van der Waals surface area contributed by atoms with Gasteiger partial charge < -0.3 is 15.7 Å². The average molecular weight is 510 g/mol. The Balaban J connectivity index is 1.43. The van der Waals surface area contributed by atoms with Crippen LogP contribution >= 0.6 is 34.9 Å². The smallest absolute Gasteiger partial charge is 0.352 e. The van der Waals surface area contributed by atoms with E-state index in [1.54, 1.807) is 0 Å². The quantitative estimate of drug-likeness (QED) is 0.299. The molecule has 4 rings (SSSR count). The molecule has 1 fully saturated rings. The van der Waals surface area contributed by atoms with Gasteiger partial charge in [-0.05, 0) is 27.4 Å². The molecule has 1 saturated heterocycles. The van der Waals surface area contributed by atoms with Gasteiger partial charge in [0.1, 0.15) is 23.7 Å². The molecule has 2 aliphatic rings. The Morgan fingerprint density at radius 2 is 2.15 bits per heavy atom. The number of nitrogens with one attached hydrogen (secondary N) is 2. The molecule has 3 N–H and O–H groups in total. The number of thiophene rings is 1. The van der Waals surface area contributed by atoms with Gasteiger partial charge in [-0.25, -0.2) is 9.48 Å². The molecule has 3 amide bonds. The van der Waals surface area contributed by atoms with E-state index < -0.39 is 23.3 Å². The van der Waals surface area contributed by atoms with Gasteiger partial charge in [0.25, 0.3) is 5.91 Å². The zero-order chi connectivity index (χ0) is 23.5. The summed E-state index contributed by atoms with van der Waals surface area (Å²) in [5.74, 6) is -1.61. The van der Waals surface area contributed by atoms with E-state index in [0.717, 1.165) is 4.88 Å². The first-order valence-electron chi connectivity index (χ1n) is 9.70. The van der Waals surface area contributed by atoms with Crippen molar-refractivity contribution in [1.82, 2.24) is 35.7 Å². The Morgan fingerprint density at radius 1 is 1.33 bits per heavy atom. The number of β-lactam (4-membered cyclic amide) rings is 1. The molecule has 0 bridgehead atoms. The Morgan fingerprint density at radius 3 is 2.85 bits per heavy atom. The number of amides is 3. The van der Waals surface area contributed by atoms with Crippen LogP contribution in [0.3, 0.4) is 0 Å². The highest BCUT2D eigenvalue weighted by Gasteiger charge is 2.54. The highest BCUT2D eigenvalue weighted by Crippen LogP contribution is 2.41. The Labute approximate surface area is 200 Å². The minimum absolute atomic E-state index is 0.0645. The van der Waals surface area contributed by atoms with E-state index in [1.165, 1.54) is 51.5 Å². The van der Waals surface area contributed by atoms with E-state index in [-0.39, 0.29) is 36.2 Å². The number of nitrogens with zero attached hydrogens (tertiary/aromatic N) is 5. The van der Waals surface area contributed by atoms with Gasteiger partial charge in [-0.1, -0.05) is 17.8 Å². The Bertz CT molecular complexity index is 1120. The highest BCUT2D eigenvalue weighted by atomic mass is 32.2. The molecule has 33 heavy (non-hydrogen) atoms. The van der Waals surface area contributed by atoms with Crippen LogP contribution in [0.15, 0.2) is 33.9 Å². The van der Waals surface area contributed by atoms with E-state index in [1.807, 2.05) is 17.5 Å². The van der Waals surface area contributed by atoms with Gasteiger partial charge in [0.05, 0.1) is 6.42 Å². The molecule has 174 valence electrons. The molecule has 15 heteroatoms. The molecular formula is C18H19N7O5S3. The Kier molecular flexibility index (Phi) is 6.99. The number of rotatable bonds is 9. The number of aliphatic carboxylic acids is 1. The van der Waals surface area contributed by atoms with E-state index in [0.29, 0.717) is 16.5 Å². The van der Waals surface area contributed by atoms with Crippen molar-refractivity contribution in [3.63, 3.8) is 0 Å². The summed E-state index contributed by atoms with van der Waals surface area (Å²) in [5, 5.41) is 28.0. The second-order valence-corrected chi connectivity index (χ2v) is 10.1. The van der Waals surface area contributed by atoms with Gasteiger partial charge in [0.2, 0.25) is 17.0 Å². The lowest BCUT2D eigenvalue weighted by molar-refractivity contribution is -0.150. The van der Waals surface area contributed by atoms with E-state index in [4.69, 9.17) is 0 Å². The molecule has 0 saturated carbocycles. The monoisotopic (exact) mass is 509 g/mol. The van der Waals surface area contributed by atoms with Gasteiger partial charge in [-0.15, -0.1) is 28.2 Å². The van der Waals surface area contributed by atoms with Crippen molar-refractivity contribution in [2.24, 2.45) is 0 Å². The summed E-state index contributed by atoms with van der Waals surface area (Å²) in [6.07, 6.45) is 0.174. The number of thioether (sulfide) groups is 2. The molecule has 1 unspecified atom stereocenters. The zero-order valence-electron chi connectivity index (χ0n) is 17.3. The van der Waals surface area contributed by atoms with Crippen molar-refractivity contribution >= 4 is 58.6 Å². The van der Waals surface area contributed by atoms with Crippen LogP contribution in [0.2, 0.25) is 0 Å². The third-order valence-corrected chi connectivity index (χ3v) is 8.19. The molecule has 0 aromatic carbocycles. The first-order valence-corrected chi connectivity index (χ1v) is 12.6. The van der Waals surface area contributed by atoms with Crippen LogP contribution in [0, 0.1) is 0 Å². The van der Waals surface area contributed by atoms with Crippen LogP contribution in [0.4, 0.5) is 0 Å². The average Bonchev–Trinajstić information content (AvgIpc) is 3.47. The van der Waals surface area contributed by atoms with Crippen molar-refractivity contribution in [3.05, 3.63) is 33.7 Å². The van der Waals surface area contributed by atoms with Crippen molar-refractivity contribution in [2.45, 2.75) is 29.5 Å². The molecule has 2 aliphatic heterocycles. The maximum Gasteiger partial charge on any atom is 0.352 e. The molecule has 12 nitrogen and oxygen atoms in total. The largest absolute Gasteiger partial charge is 0.477 e. The number of tetrazole rings is 1. The van der Waals surface area contributed by atoms with Crippen LogP contribution in [-0.4, -0.2) is 83.9 Å². The molecule has 0 aliphatic carbocycles. The lowest BCUT2D eigenvalue weighted by Gasteiger charge is -2.49. The van der Waals surface area contributed by atoms with E-state index >= 15 is 0 Å². The number of carboxylic acid groups (broad SMARTS) is 1. The van der Waals surface area contributed by atoms with Crippen molar-refractivity contribution in [3.8, 4) is 0 Å². The second-order valence-electron chi connectivity index (χ2n) is 7.05. The predicted octanol–water partition coefficient (Wildman–Crippen LogP) is -0.446. The summed E-state index contributed by atoms with van der Waals surface area (Å²) in [7, 11) is 1.50. The maximum atomic E-state index is 12.8. The standard InChI is InChI=1S/C18H19N7O5S3/c1-19-12(27)6-24-18(21-22-23-24)33-8-9-7-32-16-13(15(28)25(16)14(9)17(29)30)20-11(26)5-10-3-2-4-31-10/h2-4,13,16H,5-8H2,1H3,(H,19,27)(H,20,26)(H,29,30)/t13?,16-/m1/s1. The molecule has 0 spiro atoms. The first-order chi connectivity index (χ1) is 15.9. The van der Waals surface area contributed by atoms with Crippen molar-refractivity contribution < 1.29 is 24.3 Å². The predicted molar refractivity (Wildman–Crippen MR) is 120 cm³/mol. The van der Waals surface area contributed by atoms with Crippen LogP contribution in [-0.2, 0) is 32.1 Å². The number of aromatic nitrogens is 4. The number of carboxylic acids is 1. The number of hydrogen-bond donors (Lipinski definition) is 3. The summed E-state index contributed by atoms with van der Waals surface area (Å²) in [6, 6.07) is 2.93. The number of carbonyl (C=O) groups excluding carboxylic acids is 3. The fourth-order valence-electron chi connectivity index (χ4n) is 3.36. The molecule has 4 heterocycles. The van der Waals surface area contributed by atoms with Gasteiger partial charge in [0.15, 0.2) is 0 Å². The lowest BCUT2D eigenvalue weighted by atomic mass is 10.0. The zero-order valence-corrected chi connectivity index (χ0v) is 19.7. The second kappa shape index (κ2) is 9.93. The SMILES string of the molecule is CNC(=O)Cn1nnnc1SCC1=C(C(=O)O)N2C(=O)C(NC(=O)Cc3cccs3)[C@H]2SC1. The molecule has 0 radical (unpaired) electrons. The minimum Gasteiger partial charge on any atom is -0.477 e. The van der Waals surface area contributed by atoms with Crippen molar-refractivity contribution in [1.29, 1.82) is 0 Å². The van der Waals surface area contributed by atoms with Crippen LogP contribution in [0.25, 0.3) is 0 Å². The number of carbonyl (C=O) groups is 4. The summed E-state index contributed by atoms with van der Waals surface area (Å²) in [5.41, 5.74) is 0.463. The van der Waals surface area contributed by atoms with E-state index in [9.17, 15) is 24.3 Å². The number of fused-ring (bicyclic) bond motifs is 1. The first kappa shape index (κ1) is 23.3. The summed E-state index contributed by atoms with van der Waals surface area (Å²) in [4.78, 5) is 50.8. The van der Waals surface area contributed by atoms with Gasteiger partial charge in [-0.3, -0.25) is 19.3 Å².